The van der Waals surface area contributed by atoms with Gasteiger partial charge in [0.15, 0.2) is 4.64 Å². The van der Waals surface area contributed by atoms with Crippen molar-refractivity contribution in [2.75, 3.05) is 0 Å². The molecule has 2 heterocycles. The van der Waals surface area contributed by atoms with Crippen molar-refractivity contribution < 1.29 is 0 Å². The summed E-state index contributed by atoms with van der Waals surface area (Å²) in [5, 5.41) is 0. The molecule has 2 aromatic heterocycles. The molecule has 4 nitrogen and oxygen atoms in total. The van der Waals surface area contributed by atoms with E-state index in [1.54, 1.807) is 12.7 Å². The van der Waals surface area contributed by atoms with E-state index in [2.05, 4.69) is 34.9 Å². The summed E-state index contributed by atoms with van der Waals surface area (Å²) in [5.74, 6) is 0. The quantitative estimate of drug-likeness (QED) is 0.624. The van der Waals surface area contributed by atoms with E-state index < -0.39 is 0 Å². The van der Waals surface area contributed by atoms with Gasteiger partial charge in [-0.2, -0.15) is 0 Å². The summed E-state index contributed by atoms with van der Waals surface area (Å²) in [4.78, 5) is 11.3. The van der Waals surface area contributed by atoms with Gasteiger partial charge in [-0.1, -0.05) is 23.9 Å². The van der Waals surface area contributed by atoms with Gasteiger partial charge >= 0.3 is 0 Å². The second-order valence-electron chi connectivity index (χ2n) is 3.58. The highest BCUT2D eigenvalue weighted by Gasteiger charge is 2.02. The van der Waals surface area contributed by atoms with E-state index in [9.17, 15) is 0 Å². The van der Waals surface area contributed by atoms with E-state index in [0.717, 1.165) is 17.7 Å². The van der Waals surface area contributed by atoms with E-state index in [-0.39, 0.29) is 0 Å². The topological polar surface area (TPSA) is 46.5 Å². The van der Waals surface area contributed by atoms with Crippen molar-refractivity contribution >= 4 is 23.4 Å². The fourth-order valence-electron chi connectivity index (χ4n) is 1.32. The van der Waals surface area contributed by atoms with Crippen LogP contribution in [0.2, 0.25) is 0 Å². The highest BCUT2D eigenvalue weighted by atomic mass is 32.1. The average Bonchev–Trinajstić information content (AvgIpc) is 2.59. The molecule has 0 aliphatic rings. The second-order valence-corrected chi connectivity index (χ2v) is 3.97. The molecule has 0 spiro atoms. The van der Waals surface area contributed by atoms with Crippen LogP contribution in [0.4, 0.5) is 0 Å². The van der Waals surface area contributed by atoms with Gasteiger partial charge in [0.25, 0.3) is 0 Å². The first-order chi connectivity index (χ1) is 7.18. The van der Waals surface area contributed by atoms with Gasteiger partial charge < -0.3 is 9.55 Å². The maximum absolute atomic E-state index is 5.08. The third-order valence-corrected chi connectivity index (χ3v) is 2.42. The maximum atomic E-state index is 5.08. The van der Waals surface area contributed by atoms with Crippen LogP contribution in [0.15, 0.2) is 24.3 Å². The average molecular weight is 220 g/mol. The molecule has 0 aromatic carbocycles. The number of aromatic nitrogens is 4. The van der Waals surface area contributed by atoms with Gasteiger partial charge in [-0.15, -0.1) is 0 Å². The Hall–Kier alpha value is -1.49. The molecule has 0 saturated carbocycles. The van der Waals surface area contributed by atoms with Crippen molar-refractivity contribution in [2.24, 2.45) is 0 Å². The number of aromatic amines is 1. The second kappa shape index (κ2) is 3.94. The zero-order chi connectivity index (χ0) is 10.8. The lowest BCUT2D eigenvalue weighted by Gasteiger charge is -1.99. The summed E-state index contributed by atoms with van der Waals surface area (Å²) < 4.78 is 2.56. The number of fused-ring (bicyclic) bond motifs is 1. The van der Waals surface area contributed by atoms with Gasteiger partial charge in [-0.05, 0) is 13.8 Å². The van der Waals surface area contributed by atoms with Gasteiger partial charge in [0.2, 0.25) is 0 Å². The van der Waals surface area contributed by atoms with E-state index in [0.29, 0.717) is 4.64 Å². The van der Waals surface area contributed by atoms with E-state index in [4.69, 9.17) is 12.2 Å². The molecule has 0 fully saturated rings. The largest absolute Gasteiger partial charge is 0.330 e. The van der Waals surface area contributed by atoms with Crippen molar-refractivity contribution in [3.05, 3.63) is 28.9 Å². The van der Waals surface area contributed by atoms with Crippen LogP contribution in [0.1, 0.15) is 13.8 Å². The van der Waals surface area contributed by atoms with Crippen molar-refractivity contribution in [1.82, 2.24) is 19.5 Å². The summed E-state index contributed by atoms with van der Waals surface area (Å²) in [6, 6.07) is 0. The molecule has 2 rings (SSSR count). The number of H-pyrrole nitrogens is 1. The summed E-state index contributed by atoms with van der Waals surface area (Å²) >= 11 is 5.08. The van der Waals surface area contributed by atoms with Crippen molar-refractivity contribution in [3.8, 4) is 0 Å². The molecule has 0 atom stereocenters. The summed E-state index contributed by atoms with van der Waals surface area (Å²) in [7, 11) is 0. The number of hydrogen-bond donors (Lipinski definition) is 1. The number of rotatable bonds is 2. The minimum atomic E-state index is 0.541. The summed E-state index contributed by atoms with van der Waals surface area (Å²) in [6.07, 6.45) is 5.52. The van der Waals surface area contributed by atoms with Crippen LogP contribution in [0.25, 0.3) is 11.2 Å². The Kier molecular flexibility index (Phi) is 2.64. The summed E-state index contributed by atoms with van der Waals surface area (Å²) in [6.45, 7) is 4.94. The van der Waals surface area contributed by atoms with Gasteiger partial charge in [0, 0.05) is 6.54 Å². The number of allylic oxidation sites excluding steroid dienone is 2. The smallest absolute Gasteiger partial charge is 0.157 e. The minimum absolute atomic E-state index is 0.541. The molecule has 0 aliphatic carbocycles. The molecule has 15 heavy (non-hydrogen) atoms. The van der Waals surface area contributed by atoms with E-state index in [1.165, 1.54) is 5.57 Å². The Morgan fingerprint density at radius 1 is 1.53 bits per heavy atom. The first-order valence-electron chi connectivity index (χ1n) is 4.70. The zero-order valence-electron chi connectivity index (χ0n) is 8.69. The normalized spacial score (nSPS) is 10.5. The molecular formula is C10H12N4S. The molecule has 1 N–H and O–H groups in total. The molecule has 0 radical (unpaired) electrons. The Labute approximate surface area is 92.7 Å². The first-order valence-corrected chi connectivity index (χ1v) is 5.11. The highest BCUT2D eigenvalue weighted by Crippen LogP contribution is 2.09. The Morgan fingerprint density at radius 2 is 2.33 bits per heavy atom. The van der Waals surface area contributed by atoms with Gasteiger partial charge in [-0.25, -0.2) is 9.97 Å². The molecular weight excluding hydrogens is 208 g/mol. The Balaban J connectivity index is 2.50. The SMILES string of the molecule is CC(C)=CCn1cnc2c(=S)nc[nH]c21. The lowest BCUT2D eigenvalue weighted by Crippen LogP contribution is -1.95. The molecule has 0 aliphatic heterocycles. The van der Waals surface area contributed by atoms with Crippen LogP contribution in [-0.2, 0) is 6.54 Å². The molecule has 78 valence electrons. The lowest BCUT2D eigenvalue weighted by molar-refractivity contribution is 0.830. The van der Waals surface area contributed by atoms with E-state index >= 15 is 0 Å². The van der Waals surface area contributed by atoms with Gasteiger partial charge in [0.1, 0.15) is 11.2 Å². The Morgan fingerprint density at radius 3 is 3.07 bits per heavy atom. The van der Waals surface area contributed by atoms with Crippen LogP contribution in [0.5, 0.6) is 0 Å². The maximum Gasteiger partial charge on any atom is 0.157 e. The van der Waals surface area contributed by atoms with Crippen molar-refractivity contribution in [1.29, 1.82) is 0 Å². The lowest BCUT2D eigenvalue weighted by atomic mass is 10.3. The minimum Gasteiger partial charge on any atom is -0.330 e. The molecule has 5 heteroatoms. The third-order valence-electron chi connectivity index (χ3n) is 2.12. The van der Waals surface area contributed by atoms with Crippen LogP contribution >= 0.6 is 12.2 Å². The van der Waals surface area contributed by atoms with Crippen molar-refractivity contribution in [2.45, 2.75) is 20.4 Å². The third kappa shape index (κ3) is 1.97. The molecule has 0 unspecified atom stereocenters. The zero-order valence-corrected chi connectivity index (χ0v) is 9.51. The predicted octanol–water partition coefficient (Wildman–Crippen LogP) is 2.46. The number of imidazole rings is 1. The van der Waals surface area contributed by atoms with Gasteiger partial charge in [-0.3, -0.25) is 0 Å². The van der Waals surface area contributed by atoms with Crippen LogP contribution in [-0.4, -0.2) is 19.5 Å². The number of nitrogens with zero attached hydrogens (tertiary/aromatic N) is 3. The number of nitrogens with one attached hydrogen (secondary N) is 1. The standard InChI is InChI=1S/C10H12N4S/c1-7(2)3-4-14-6-13-8-9(14)11-5-12-10(8)15/h3,5-6H,4H2,1-2H3,(H,11,12,15). The molecule has 2 aromatic rings. The first kappa shape index (κ1) is 10.0. The molecule has 0 saturated heterocycles. The monoisotopic (exact) mass is 220 g/mol. The molecule has 0 bridgehead atoms. The van der Waals surface area contributed by atoms with Crippen LogP contribution < -0.4 is 0 Å². The fourth-order valence-corrected chi connectivity index (χ4v) is 1.52. The Bertz CT molecular complexity index is 560. The van der Waals surface area contributed by atoms with E-state index in [1.807, 2.05) is 4.57 Å². The molecule has 0 amide bonds. The summed E-state index contributed by atoms with van der Waals surface area (Å²) in [5.41, 5.74) is 2.96. The van der Waals surface area contributed by atoms with Crippen LogP contribution in [0, 0.1) is 4.64 Å². The van der Waals surface area contributed by atoms with Crippen LogP contribution in [0.3, 0.4) is 0 Å². The predicted molar refractivity (Wildman–Crippen MR) is 62.1 cm³/mol. The fraction of sp³-hybridized carbons (Fsp3) is 0.300. The number of hydrogen-bond acceptors (Lipinski definition) is 3. The highest BCUT2D eigenvalue weighted by molar-refractivity contribution is 7.71. The van der Waals surface area contributed by atoms with Crippen molar-refractivity contribution in [3.63, 3.8) is 0 Å². The van der Waals surface area contributed by atoms with Gasteiger partial charge in [0.05, 0.1) is 12.7 Å².